The summed E-state index contributed by atoms with van der Waals surface area (Å²) in [4.78, 5) is 1.96. The third-order valence-corrected chi connectivity index (χ3v) is 5.69. The Bertz CT molecular complexity index is 860. The molecule has 1 unspecified atom stereocenters. The Morgan fingerprint density at radius 1 is 1.10 bits per heavy atom. The Morgan fingerprint density at radius 3 is 2.48 bits per heavy atom. The summed E-state index contributed by atoms with van der Waals surface area (Å²) in [6.45, 7) is 3.96. The molecular weight excluding hydrogens is 405 g/mol. The molecule has 2 atom stereocenters. The molecule has 4 nitrogen and oxygen atoms in total. The highest BCUT2D eigenvalue weighted by Gasteiger charge is 2.34. The predicted molar refractivity (Wildman–Crippen MR) is 108 cm³/mol. The topological polar surface area (TPSA) is 33.7 Å². The van der Waals surface area contributed by atoms with E-state index in [9.17, 15) is 13.2 Å². The summed E-state index contributed by atoms with van der Waals surface area (Å²) in [5.74, 6) is 1.42. The summed E-state index contributed by atoms with van der Waals surface area (Å²) in [6, 6.07) is 9.93. The van der Waals surface area contributed by atoms with Crippen LogP contribution in [0, 0.1) is 0 Å². The number of methoxy groups -OCH3 is 2. The van der Waals surface area contributed by atoms with Crippen molar-refractivity contribution in [2.75, 3.05) is 38.8 Å². The van der Waals surface area contributed by atoms with Gasteiger partial charge in [-0.3, -0.25) is 0 Å². The summed E-state index contributed by atoms with van der Waals surface area (Å²) >= 11 is 5.76. The quantitative estimate of drug-likeness (QED) is 0.730. The Labute approximate surface area is 173 Å². The van der Waals surface area contributed by atoms with Crippen molar-refractivity contribution in [2.24, 2.45) is 0 Å². The molecule has 1 saturated heterocycles. The van der Waals surface area contributed by atoms with E-state index in [0.29, 0.717) is 36.8 Å². The average Bonchev–Trinajstić information content (AvgIpc) is 2.72. The van der Waals surface area contributed by atoms with E-state index in [0.717, 1.165) is 11.6 Å². The van der Waals surface area contributed by atoms with Crippen LogP contribution >= 0.6 is 11.6 Å². The van der Waals surface area contributed by atoms with Gasteiger partial charge in [0.05, 0.1) is 24.8 Å². The van der Waals surface area contributed by atoms with Gasteiger partial charge in [-0.05, 0) is 41.8 Å². The lowest BCUT2D eigenvalue weighted by molar-refractivity contribution is -0.137. The van der Waals surface area contributed by atoms with Gasteiger partial charge in [-0.15, -0.1) is 0 Å². The maximum Gasteiger partial charge on any atom is 0.417 e. The zero-order chi connectivity index (χ0) is 21.2. The first-order valence-electron chi connectivity index (χ1n) is 9.31. The Morgan fingerprint density at radius 2 is 1.83 bits per heavy atom. The minimum absolute atomic E-state index is 0.0619. The van der Waals surface area contributed by atoms with Gasteiger partial charge in [0.2, 0.25) is 0 Å². The second-order valence-corrected chi connectivity index (χ2v) is 7.48. The molecule has 2 aromatic rings. The van der Waals surface area contributed by atoms with Gasteiger partial charge in [0.15, 0.2) is 11.5 Å². The monoisotopic (exact) mass is 428 g/mol. The fourth-order valence-electron chi connectivity index (χ4n) is 3.64. The van der Waals surface area contributed by atoms with Gasteiger partial charge in [-0.1, -0.05) is 24.6 Å². The number of halogens is 4. The normalized spacial score (nSPS) is 18.4. The molecule has 0 radical (unpaired) electrons. The number of nitrogens with one attached hydrogen (secondary N) is 1. The number of anilines is 1. The van der Waals surface area contributed by atoms with Crippen molar-refractivity contribution in [1.82, 2.24) is 5.32 Å². The van der Waals surface area contributed by atoms with Crippen LogP contribution in [0.25, 0.3) is 0 Å². The molecule has 2 aromatic carbocycles. The van der Waals surface area contributed by atoms with E-state index in [1.54, 1.807) is 20.3 Å². The number of benzene rings is 2. The van der Waals surface area contributed by atoms with Crippen LogP contribution in [0.1, 0.15) is 24.0 Å². The zero-order valence-corrected chi connectivity index (χ0v) is 17.3. The van der Waals surface area contributed by atoms with Crippen LogP contribution in [0.5, 0.6) is 11.5 Å². The Balaban J connectivity index is 1.81. The molecule has 0 bridgehead atoms. The van der Waals surface area contributed by atoms with Crippen molar-refractivity contribution >= 4 is 17.3 Å². The predicted octanol–water partition coefficient (Wildman–Crippen LogP) is 4.96. The highest BCUT2D eigenvalue weighted by molar-refractivity contribution is 6.31. The fourth-order valence-corrected chi connectivity index (χ4v) is 3.87. The molecule has 0 amide bonds. The lowest BCUT2D eigenvalue weighted by atomic mass is 9.91. The first kappa shape index (κ1) is 21.6. The van der Waals surface area contributed by atoms with Crippen molar-refractivity contribution in [1.29, 1.82) is 0 Å². The number of piperazine rings is 1. The van der Waals surface area contributed by atoms with Crippen LogP contribution in [0.2, 0.25) is 5.02 Å². The maximum absolute atomic E-state index is 13.2. The van der Waals surface area contributed by atoms with Crippen molar-refractivity contribution in [3.8, 4) is 11.5 Å². The van der Waals surface area contributed by atoms with Crippen molar-refractivity contribution in [3.63, 3.8) is 0 Å². The minimum Gasteiger partial charge on any atom is -0.493 e. The molecule has 29 heavy (non-hydrogen) atoms. The molecular formula is C21H24ClF3N2O2. The standard InChI is InChI=1S/C21H24ClF3N2O2/c1-13(14-4-7-19(28-2)20(10-14)29-3)18-12-27(9-8-26-18)15-5-6-17(22)16(11-15)21(23,24)25/h4-7,10-11,13,18,26H,8-9,12H2,1-3H3/t13?,18-/m0/s1. The van der Waals surface area contributed by atoms with Gasteiger partial charge in [0.1, 0.15) is 0 Å². The van der Waals surface area contributed by atoms with E-state index in [4.69, 9.17) is 21.1 Å². The summed E-state index contributed by atoms with van der Waals surface area (Å²) in [6.07, 6.45) is -4.48. The van der Waals surface area contributed by atoms with Crippen molar-refractivity contribution in [2.45, 2.75) is 25.1 Å². The molecule has 3 rings (SSSR count). The third-order valence-electron chi connectivity index (χ3n) is 5.36. The highest BCUT2D eigenvalue weighted by atomic mass is 35.5. The van der Waals surface area contributed by atoms with Gasteiger partial charge >= 0.3 is 6.18 Å². The first-order valence-corrected chi connectivity index (χ1v) is 9.69. The second kappa shape index (κ2) is 8.71. The molecule has 1 aliphatic rings. The van der Waals surface area contributed by atoms with Crippen LogP contribution in [0.3, 0.4) is 0 Å². The number of hydrogen-bond acceptors (Lipinski definition) is 4. The van der Waals surface area contributed by atoms with E-state index in [2.05, 4.69) is 12.2 Å². The van der Waals surface area contributed by atoms with Crippen LogP contribution in [0.15, 0.2) is 36.4 Å². The van der Waals surface area contributed by atoms with E-state index in [1.807, 2.05) is 23.1 Å². The van der Waals surface area contributed by atoms with Crippen molar-refractivity contribution < 1.29 is 22.6 Å². The zero-order valence-electron chi connectivity index (χ0n) is 16.5. The first-order chi connectivity index (χ1) is 13.7. The fraction of sp³-hybridized carbons (Fsp3) is 0.429. The summed E-state index contributed by atoms with van der Waals surface area (Å²) in [5.41, 5.74) is 0.779. The molecule has 1 N–H and O–H groups in total. The van der Waals surface area contributed by atoms with Crippen LogP contribution in [0.4, 0.5) is 18.9 Å². The summed E-state index contributed by atoms with van der Waals surface area (Å²) in [7, 11) is 3.18. The van der Waals surface area contributed by atoms with E-state index < -0.39 is 11.7 Å². The summed E-state index contributed by atoms with van der Waals surface area (Å²) < 4.78 is 50.3. The lowest BCUT2D eigenvalue weighted by Gasteiger charge is -2.38. The lowest BCUT2D eigenvalue weighted by Crippen LogP contribution is -2.52. The number of rotatable bonds is 5. The number of ether oxygens (including phenoxy) is 2. The molecule has 8 heteroatoms. The van der Waals surface area contributed by atoms with Gasteiger partial charge in [-0.25, -0.2) is 0 Å². The van der Waals surface area contributed by atoms with Crippen LogP contribution in [-0.2, 0) is 6.18 Å². The number of alkyl halides is 3. The average molecular weight is 429 g/mol. The molecule has 1 fully saturated rings. The van der Waals surface area contributed by atoms with Crippen molar-refractivity contribution in [3.05, 3.63) is 52.5 Å². The van der Waals surface area contributed by atoms with Gasteiger partial charge < -0.3 is 19.7 Å². The Hall–Kier alpha value is -2.12. The molecule has 158 valence electrons. The number of nitrogens with zero attached hydrogens (tertiary/aromatic N) is 1. The highest BCUT2D eigenvalue weighted by Crippen LogP contribution is 2.38. The Kier molecular flexibility index (Phi) is 6.49. The number of hydrogen-bond donors (Lipinski definition) is 1. The molecule has 1 aliphatic heterocycles. The molecule has 0 spiro atoms. The van der Waals surface area contributed by atoms with Gasteiger partial charge in [-0.2, -0.15) is 13.2 Å². The third kappa shape index (κ3) is 4.73. The van der Waals surface area contributed by atoms with E-state index in [-0.39, 0.29) is 17.0 Å². The van der Waals surface area contributed by atoms with Gasteiger partial charge in [0.25, 0.3) is 0 Å². The molecule has 0 aliphatic carbocycles. The second-order valence-electron chi connectivity index (χ2n) is 7.07. The summed E-state index contributed by atoms with van der Waals surface area (Å²) in [5, 5.41) is 3.19. The maximum atomic E-state index is 13.2. The molecule has 0 aromatic heterocycles. The smallest absolute Gasteiger partial charge is 0.417 e. The molecule has 0 saturated carbocycles. The van der Waals surface area contributed by atoms with Crippen LogP contribution < -0.4 is 19.7 Å². The largest absolute Gasteiger partial charge is 0.493 e. The molecule has 1 heterocycles. The van der Waals surface area contributed by atoms with Gasteiger partial charge in [0, 0.05) is 31.4 Å². The minimum atomic E-state index is -4.48. The van der Waals surface area contributed by atoms with Crippen LogP contribution in [-0.4, -0.2) is 39.9 Å². The van der Waals surface area contributed by atoms with E-state index in [1.165, 1.54) is 6.07 Å². The van der Waals surface area contributed by atoms with E-state index >= 15 is 0 Å². The SMILES string of the molecule is COc1ccc(C(C)[C@@H]2CN(c3ccc(Cl)c(C(F)(F)F)c3)CCN2)cc1OC.